The first-order valence-corrected chi connectivity index (χ1v) is 10.0. The second kappa shape index (κ2) is 8.59. The number of carbonyl (C=O) groups is 2. The van der Waals surface area contributed by atoms with Gasteiger partial charge in [0.15, 0.2) is 0 Å². The Kier molecular flexibility index (Phi) is 5.72. The fraction of sp³-hybridized carbons (Fsp3) is 0.167. The molecule has 0 fully saturated rings. The van der Waals surface area contributed by atoms with Crippen LogP contribution in [-0.2, 0) is 11.2 Å². The van der Waals surface area contributed by atoms with Crippen LogP contribution in [0.5, 0.6) is 5.75 Å². The van der Waals surface area contributed by atoms with E-state index in [1.165, 1.54) is 0 Å². The minimum atomic E-state index is -0.410. The van der Waals surface area contributed by atoms with Gasteiger partial charge in [0.2, 0.25) is 0 Å². The number of nitrogens with one attached hydrogen (secondary N) is 1. The number of ether oxygens (including phenoxy) is 2. The van der Waals surface area contributed by atoms with Gasteiger partial charge in [0, 0.05) is 22.7 Å². The van der Waals surface area contributed by atoms with Crippen molar-refractivity contribution in [1.82, 2.24) is 0 Å². The number of cyclic esters (lactones) is 1. The molecule has 1 atom stereocenters. The van der Waals surface area contributed by atoms with Gasteiger partial charge >= 0.3 is 5.97 Å². The first-order chi connectivity index (χ1) is 14.5. The van der Waals surface area contributed by atoms with E-state index in [0.717, 1.165) is 16.9 Å². The Morgan fingerprint density at radius 3 is 2.53 bits per heavy atom. The van der Waals surface area contributed by atoms with Crippen LogP contribution in [0, 0.1) is 0 Å². The van der Waals surface area contributed by atoms with Gasteiger partial charge in [-0.05, 0) is 72.6 Å². The maximum absolute atomic E-state index is 12.7. The highest BCUT2D eigenvalue weighted by Crippen LogP contribution is 2.32. The number of fused-ring (bicyclic) bond motifs is 1. The third-order valence-corrected chi connectivity index (χ3v) is 5.16. The number of rotatable bonds is 5. The number of halogens is 1. The lowest BCUT2D eigenvalue weighted by atomic mass is 9.93. The number of hydrogen-bond donors (Lipinski definition) is 1. The van der Waals surface area contributed by atoms with Gasteiger partial charge in [-0.3, -0.25) is 4.79 Å². The van der Waals surface area contributed by atoms with Crippen LogP contribution < -0.4 is 10.1 Å². The van der Waals surface area contributed by atoms with Crippen LogP contribution >= 0.6 is 11.6 Å². The normalized spacial score (nSPS) is 15.1. The molecule has 0 aromatic heterocycles. The topological polar surface area (TPSA) is 64.6 Å². The first kappa shape index (κ1) is 20.0. The van der Waals surface area contributed by atoms with Gasteiger partial charge < -0.3 is 14.8 Å². The second-order valence-corrected chi connectivity index (χ2v) is 7.37. The maximum Gasteiger partial charge on any atom is 0.339 e. The molecule has 0 saturated carbocycles. The molecule has 0 bridgehead atoms. The quantitative estimate of drug-likeness (QED) is 0.557. The standard InChI is InChI=1S/C24H20ClNO4/c1-2-29-20-10-8-19(9-11-20)26-23(27)16-5-12-21-17(13-16)14-22(30-24(21)28)15-3-6-18(25)7-4-15/h3-13,22H,2,14H2,1H3,(H,26,27). The molecular formula is C24H20ClNO4. The van der Waals surface area contributed by atoms with Gasteiger partial charge in [-0.15, -0.1) is 0 Å². The predicted molar refractivity (Wildman–Crippen MR) is 115 cm³/mol. The zero-order chi connectivity index (χ0) is 21.1. The third kappa shape index (κ3) is 4.31. The molecule has 4 rings (SSSR count). The van der Waals surface area contributed by atoms with Gasteiger partial charge in [-0.2, -0.15) is 0 Å². The average Bonchev–Trinajstić information content (AvgIpc) is 2.75. The second-order valence-electron chi connectivity index (χ2n) is 6.93. The average molecular weight is 422 g/mol. The van der Waals surface area contributed by atoms with Crippen molar-refractivity contribution in [2.45, 2.75) is 19.4 Å². The van der Waals surface area contributed by atoms with Gasteiger partial charge in [0.1, 0.15) is 11.9 Å². The number of anilines is 1. The number of amides is 1. The van der Waals surface area contributed by atoms with Crippen molar-refractivity contribution in [1.29, 1.82) is 0 Å². The number of carbonyl (C=O) groups excluding carboxylic acids is 2. The van der Waals surface area contributed by atoms with E-state index in [4.69, 9.17) is 21.1 Å². The van der Waals surface area contributed by atoms with E-state index in [0.29, 0.717) is 34.9 Å². The van der Waals surface area contributed by atoms with Crippen molar-refractivity contribution in [3.63, 3.8) is 0 Å². The molecule has 1 heterocycles. The molecule has 1 unspecified atom stereocenters. The molecule has 0 saturated heterocycles. The minimum absolute atomic E-state index is 0.246. The van der Waals surface area contributed by atoms with Crippen molar-refractivity contribution in [2.75, 3.05) is 11.9 Å². The Balaban J connectivity index is 1.52. The summed E-state index contributed by atoms with van der Waals surface area (Å²) in [5, 5.41) is 3.49. The van der Waals surface area contributed by atoms with Gasteiger partial charge in [-0.25, -0.2) is 4.79 Å². The van der Waals surface area contributed by atoms with E-state index in [9.17, 15) is 9.59 Å². The zero-order valence-electron chi connectivity index (χ0n) is 16.4. The summed E-state index contributed by atoms with van der Waals surface area (Å²) >= 11 is 5.95. The van der Waals surface area contributed by atoms with Crippen LogP contribution in [0.15, 0.2) is 66.7 Å². The largest absolute Gasteiger partial charge is 0.494 e. The van der Waals surface area contributed by atoms with Crippen LogP contribution in [0.25, 0.3) is 0 Å². The van der Waals surface area contributed by atoms with Gasteiger partial charge in [-0.1, -0.05) is 23.7 Å². The summed E-state index contributed by atoms with van der Waals surface area (Å²) < 4.78 is 11.0. The maximum atomic E-state index is 12.7. The fourth-order valence-electron chi connectivity index (χ4n) is 3.40. The molecule has 152 valence electrons. The van der Waals surface area contributed by atoms with Crippen LogP contribution in [0.2, 0.25) is 5.02 Å². The minimum Gasteiger partial charge on any atom is -0.494 e. The Bertz CT molecular complexity index is 1080. The van der Waals surface area contributed by atoms with Gasteiger partial charge in [0.05, 0.1) is 12.2 Å². The molecule has 1 aliphatic heterocycles. The summed E-state index contributed by atoms with van der Waals surface area (Å²) in [5.41, 5.74) is 3.28. The lowest BCUT2D eigenvalue weighted by Gasteiger charge is -2.25. The Labute approximate surface area is 179 Å². The molecule has 0 radical (unpaired) electrons. The van der Waals surface area contributed by atoms with E-state index in [1.54, 1.807) is 54.6 Å². The SMILES string of the molecule is CCOc1ccc(NC(=O)c2ccc3c(c2)CC(c2ccc(Cl)cc2)OC3=O)cc1. The van der Waals surface area contributed by atoms with E-state index in [2.05, 4.69) is 5.32 Å². The van der Waals surface area contributed by atoms with Crippen molar-refractivity contribution in [2.24, 2.45) is 0 Å². The Morgan fingerprint density at radius 1 is 1.10 bits per heavy atom. The molecule has 3 aromatic rings. The third-order valence-electron chi connectivity index (χ3n) is 4.91. The Morgan fingerprint density at radius 2 is 1.83 bits per heavy atom. The van der Waals surface area contributed by atoms with Crippen molar-refractivity contribution >= 4 is 29.2 Å². The first-order valence-electron chi connectivity index (χ1n) is 9.67. The van der Waals surface area contributed by atoms with Crippen LogP contribution in [-0.4, -0.2) is 18.5 Å². The molecule has 0 spiro atoms. The Hall–Kier alpha value is -3.31. The van der Waals surface area contributed by atoms with Gasteiger partial charge in [0.25, 0.3) is 5.91 Å². The fourth-order valence-corrected chi connectivity index (χ4v) is 3.53. The van der Waals surface area contributed by atoms with Crippen molar-refractivity contribution < 1.29 is 19.1 Å². The summed E-state index contributed by atoms with van der Waals surface area (Å²) in [6.07, 6.45) is 0.0825. The molecule has 1 aliphatic rings. The molecular weight excluding hydrogens is 402 g/mol. The lowest BCUT2D eigenvalue weighted by Crippen LogP contribution is -2.23. The van der Waals surface area contributed by atoms with E-state index < -0.39 is 12.1 Å². The summed E-state index contributed by atoms with van der Waals surface area (Å²) in [6.45, 7) is 2.50. The van der Waals surface area contributed by atoms with E-state index >= 15 is 0 Å². The number of hydrogen-bond acceptors (Lipinski definition) is 4. The van der Waals surface area contributed by atoms with Crippen LogP contribution in [0.1, 0.15) is 44.9 Å². The smallest absolute Gasteiger partial charge is 0.339 e. The van der Waals surface area contributed by atoms with Crippen LogP contribution in [0.3, 0.4) is 0 Å². The van der Waals surface area contributed by atoms with Crippen LogP contribution in [0.4, 0.5) is 5.69 Å². The number of esters is 1. The lowest BCUT2D eigenvalue weighted by molar-refractivity contribution is 0.0252. The zero-order valence-corrected chi connectivity index (χ0v) is 17.1. The summed E-state index contributed by atoms with van der Waals surface area (Å²) in [7, 11) is 0. The molecule has 30 heavy (non-hydrogen) atoms. The summed E-state index contributed by atoms with van der Waals surface area (Å²) in [4.78, 5) is 25.1. The molecule has 6 heteroatoms. The highest BCUT2D eigenvalue weighted by Gasteiger charge is 2.28. The highest BCUT2D eigenvalue weighted by atomic mass is 35.5. The molecule has 1 N–H and O–H groups in total. The molecule has 1 amide bonds. The van der Waals surface area contributed by atoms with Crippen molar-refractivity contribution in [3.8, 4) is 5.75 Å². The van der Waals surface area contributed by atoms with E-state index in [1.807, 2.05) is 19.1 Å². The predicted octanol–water partition coefficient (Wildman–Crippen LogP) is 5.45. The monoisotopic (exact) mass is 421 g/mol. The molecule has 5 nitrogen and oxygen atoms in total. The highest BCUT2D eigenvalue weighted by molar-refractivity contribution is 6.30. The molecule has 3 aromatic carbocycles. The van der Waals surface area contributed by atoms with Crippen molar-refractivity contribution in [3.05, 3.63) is 94.0 Å². The number of benzene rings is 3. The van der Waals surface area contributed by atoms with E-state index in [-0.39, 0.29) is 5.91 Å². The summed E-state index contributed by atoms with van der Waals surface area (Å²) in [6, 6.07) is 19.4. The molecule has 0 aliphatic carbocycles. The summed E-state index contributed by atoms with van der Waals surface area (Å²) in [5.74, 6) is 0.106.